The van der Waals surface area contributed by atoms with Crippen LogP contribution in [0.2, 0.25) is 0 Å². The molecule has 3 rings (SSSR count). The number of benzene rings is 2. The van der Waals surface area contributed by atoms with E-state index in [-0.39, 0.29) is 5.91 Å². The lowest BCUT2D eigenvalue weighted by atomic mass is 10.0. The van der Waals surface area contributed by atoms with Gasteiger partial charge < -0.3 is 10.2 Å². The molecular weight excluding hydrogens is 296 g/mol. The maximum atomic E-state index is 11.4. The van der Waals surface area contributed by atoms with Crippen molar-refractivity contribution in [2.45, 2.75) is 32.6 Å². The molecule has 3 heteroatoms. The van der Waals surface area contributed by atoms with Gasteiger partial charge in [-0.15, -0.1) is 0 Å². The van der Waals surface area contributed by atoms with E-state index in [4.69, 9.17) is 0 Å². The average Bonchev–Trinajstić information content (AvgIpc) is 2.61. The molecule has 1 aliphatic rings. The van der Waals surface area contributed by atoms with E-state index in [1.54, 1.807) is 6.92 Å². The molecule has 1 amide bonds. The molecule has 0 radical (unpaired) electrons. The van der Waals surface area contributed by atoms with Crippen LogP contribution in [0.15, 0.2) is 48.5 Å². The van der Waals surface area contributed by atoms with Gasteiger partial charge in [0, 0.05) is 24.7 Å². The third-order valence-corrected chi connectivity index (χ3v) is 4.67. The van der Waals surface area contributed by atoms with Crippen LogP contribution >= 0.6 is 0 Å². The van der Waals surface area contributed by atoms with E-state index >= 15 is 0 Å². The second-order valence-electron chi connectivity index (χ2n) is 6.58. The highest BCUT2D eigenvalue weighted by molar-refractivity contribution is 5.94. The van der Waals surface area contributed by atoms with Crippen molar-refractivity contribution >= 4 is 11.6 Å². The summed E-state index contributed by atoms with van der Waals surface area (Å²) in [5.41, 5.74) is 4.45. The number of piperidine rings is 1. The third-order valence-electron chi connectivity index (χ3n) is 4.67. The van der Waals surface area contributed by atoms with E-state index in [1.165, 1.54) is 37.9 Å². The van der Waals surface area contributed by atoms with Gasteiger partial charge in [-0.1, -0.05) is 48.9 Å². The van der Waals surface area contributed by atoms with Gasteiger partial charge in [-0.05, 0) is 49.5 Å². The first-order chi connectivity index (χ1) is 11.7. The Bertz CT molecular complexity index is 672. The number of nitrogens with one attached hydrogen (secondary N) is 1. The van der Waals surface area contributed by atoms with Gasteiger partial charge in [0.2, 0.25) is 5.91 Å². The fraction of sp³-hybridized carbons (Fsp3) is 0.381. The predicted molar refractivity (Wildman–Crippen MR) is 100 cm³/mol. The largest absolute Gasteiger partial charge is 0.326 e. The van der Waals surface area contributed by atoms with Crippen molar-refractivity contribution in [2.24, 2.45) is 0 Å². The number of nitrogens with zero attached hydrogens (tertiary/aromatic N) is 1. The molecule has 1 fully saturated rings. The van der Waals surface area contributed by atoms with Crippen LogP contribution in [0.3, 0.4) is 0 Å². The molecule has 126 valence electrons. The first-order valence-corrected chi connectivity index (χ1v) is 8.91. The summed E-state index contributed by atoms with van der Waals surface area (Å²) >= 11 is 0. The Kier molecular flexibility index (Phi) is 5.65. The third kappa shape index (κ3) is 4.45. The van der Waals surface area contributed by atoms with Crippen molar-refractivity contribution in [2.75, 3.05) is 25.0 Å². The molecule has 0 atom stereocenters. The minimum atomic E-state index is -0.0411. The molecule has 24 heavy (non-hydrogen) atoms. The van der Waals surface area contributed by atoms with Crippen LogP contribution in [0.4, 0.5) is 5.69 Å². The standard InChI is InChI=1S/C21H26N2O/c1-17(24)22-21-8-4-3-7-20(21)19-11-9-18(10-12-19)13-16-23-14-5-2-6-15-23/h3-4,7-12H,2,5-6,13-16H2,1H3,(H,22,24). The van der Waals surface area contributed by atoms with Crippen LogP contribution in [0.5, 0.6) is 0 Å². The van der Waals surface area contributed by atoms with E-state index in [0.717, 1.165) is 29.8 Å². The van der Waals surface area contributed by atoms with Crippen LogP contribution < -0.4 is 5.32 Å². The number of carbonyl (C=O) groups excluding carboxylic acids is 1. The molecule has 3 nitrogen and oxygen atoms in total. The summed E-state index contributed by atoms with van der Waals surface area (Å²) in [5.74, 6) is -0.0411. The van der Waals surface area contributed by atoms with E-state index in [2.05, 4.69) is 34.5 Å². The fourth-order valence-corrected chi connectivity index (χ4v) is 3.35. The van der Waals surface area contributed by atoms with Crippen molar-refractivity contribution in [1.82, 2.24) is 4.90 Å². The van der Waals surface area contributed by atoms with Crippen molar-refractivity contribution in [3.05, 3.63) is 54.1 Å². The SMILES string of the molecule is CC(=O)Nc1ccccc1-c1ccc(CCN2CCCCC2)cc1. The van der Waals surface area contributed by atoms with Gasteiger partial charge in [0.15, 0.2) is 0 Å². The zero-order valence-electron chi connectivity index (χ0n) is 14.4. The van der Waals surface area contributed by atoms with Crippen LogP contribution in [-0.4, -0.2) is 30.4 Å². The summed E-state index contributed by atoms with van der Waals surface area (Å²) in [6, 6.07) is 16.7. The smallest absolute Gasteiger partial charge is 0.221 e. The maximum absolute atomic E-state index is 11.4. The van der Waals surface area contributed by atoms with E-state index < -0.39 is 0 Å². The van der Waals surface area contributed by atoms with Gasteiger partial charge in [0.1, 0.15) is 0 Å². The predicted octanol–water partition coefficient (Wildman–Crippen LogP) is 4.34. The second kappa shape index (κ2) is 8.11. The quantitative estimate of drug-likeness (QED) is 0.888. The fourth-order valence-electron chi connectivity index (χ4n) is 3.35. The van der Waals surface area contributed by atoms with Crippen molar-refractivity contribution in [3.63, 3.8) is 0 Å². The maximum Gasteiger partial charge on any atom is 0.221 e. The Morgan fingerprint density at radius 3 is 2.42 bits per heavy atom. The monoisotopic (exact) mass is 322 g/mol. The molecule has 0 aliphatic carbocycles. The lowest BCUT2D eigenvalue weighted by Gasteiger charge is -2.26. The van der Waals surface area contributed by atoms with Crippen molar-refractivity contribution in [3.8, 4) is 11.1 Å². The highest BCUT2D eigenvalue weighted by Gasteiger charge is 2.10. The molecule has 2 aromatic carbocycles. The number of hydrogen-bond donors (Lipinski definition) is 1. The zero-order chi connectivity index (χ0) is 16.8. The molecule has 0 saturated carbocycles. The summed E-state index contributed by atoms with van der Waals surface area (Å²) in [4.78, 5) is 13.9. The molecule has 0 unspecified atom stereocenters. The summed E-state index contributed by atoms with van der Waals surface area (Å²) in [7, 11) is 0. The molecular formula is C21H26N2O. The van der Waals surface area contributed by atoms with Crippen molar-refractivity contribution in [1.29, 1.82) is 0 Å². The number of para-hydroxylation sites is 1. The highest BCUT2D eigenvalue weighted by atomic mass is 16.1. The zero-order valence-corrected chi connectivity index (χ0v) is 14.4. The molecule has 0 aromatic heterocycles. The first-order valence-electron chi connectivity index (χ1n) is 8.91. The summed E-state index contributed by atoms with van der Waals surface area (Å²) in [5, 5.41) is 2.91. The summed E-state index contributed by atoms with van der Waals surface area (Å²) in [6.07, 6.45) is 5.18. The number of carbonyl (C=O) groups is 1. The molecule has 1 N–H and O–H groups in total. The van der Waals surface area contributed by atoms with Gasteiger partial charge >= 0.3 is 0 Å². The van der Waals surface area contributed by atoms with E-state index in [1.807, 2.05) is 24.3 Å². The van der Waals surface area contributed by atoms with E-state index in [0.29, 0.717) is 0 Å². The van der Waals surface area contributed by atoms with Gasteiger partial charge in [0.25, 0.3) is 0 Å². The first kappa shape index (κ1) is 16.7. The number of hydrogen-bond acceptors (Lipinski definition) is 2. The molecule has 1 saturated heterocycles. The van der Waals surface area contributed by atoms with Gasteiger partial charge in [-0.25, -0.2) is 0 Å². The molecule has 0 bridgehead atoms. The Morgan fingerprint density at radius 2 is 1.71 bits per heavy atom. The van der Waals surface area contributed by atoms with Gasteiger partial charge in [-0.2, -0.15) is 0 Å². The minimum Gasteiger partial charge on any atom is -0.326 e. The number of likely N-dealkylation sites (tertiary alicyclic amines) is 1. The lowest BCUT2D eigenvalue weighted by molar-refractivity contribution is -0.114. The molecule has 1 aliphatic heterocycles. The number of anilines is 1. The van der Waals surface area contributed by atoms with Crippen LogP contribution in [-0.2, 0) is 11.2 Å². The van der Waals surface area contributed by atoms with Crippen molar-refractivity contribution < 1.29 is 4.79 Å². The second-order valence-corrected chi connectivity index (χ2v) is 6.58. The Hall–Kier alpha value is -2.13. The molecule has 2 aromatic rings. The van der Waals surface area contributed by atoms with Gasteiger partial charge in [-0.3, -0.25) is 4.79 Å². The normalized spacial score (nSPS) is 15.2. The summed E-state index contributed by atoms with van der Waals surface area (Å²) < 4.78 is 0. The number of amides is 1. The van der Waals surface area contributed by atoms with Crippen LogP contribution in [0.25, 0.3) is 11.1 Å². The van der Waals surface area contributed by atoms with Crippen LogP contribution in [0.1, 0.15) is 31.7 Å². The average molecular weight is 322 g/mol. The summed E-state index contributed by atoms with van der Waals surface area (Å²) in [6.45, 7) is 5.20. The Morgan fingerprint density at radius 1 is 1.00 bits per heavy atom. The minimum absolute atomic E-state index is 0.0411. The molecule has 1 heterocycles. The Balaban J connectivity index is 1.67. The number of rotatable bonds is 5. The van der Waals surface area contributed by atoms with Gasteiger partial charge in [0.05, 0.1) is 0 Å². The lowest BCUT2D eigenvalue weighted by Crippen LogP contribution is -2.31. The topological polar surface area (TPSA) is 32.3 Å². The van der Waals surface area contributed by atoms with E-state index in [9.17, 15) is 4.79 Å². The van der Waals surface area contributed by atoms with Crippen LogP contribution in [0, 0.1) is 0 Å². The Labute approximate surface area is 144 Å². The highest BCUT2D eigenvalue weighted by Crippen LogP contribution is 2.28. The molecule has 0 spiro atoms.